The van der Waals surface area contributed by atoms with Gasteiger partial charge >= 0.3 is 5.97 Å². The lowest BCUT2D eigenvalue weighted by Gasteiger charge is -2.19. The highest BCUT2D eigenvalue weighted by Crippen LogP contribution is 2.21. The number of likely N-dealkylation sites (tertiary alicyclic amines) is 1. The lowest BCUT2D eigenvalue weighted by molar-refractivity contribution is -0.145. The molecule has 3 heteroatoms. The van der Waals surface area contributed by atoms with Crippen LogP contribution in [-0.4, -0.2) is 37.6 Å². The van der Waals surface area contributed by atoms with Crippen molar-refractivity contribution in [1.82, 2.24) is 4.90 Å². The molecule has 3 nitrogen and oxygen atoms in total. The van der Waals surface area contributed by atoms with E-state index >= 15 is 0 Å². The van der Waals surface area contributed by atoms with Crippen LogP contribution in [0.2, 0.25) is 0 Å². The number of carbonyl (C=O) groups is 1. The van der Waals surface area contributed by atoms with Crippen molar-refractivity contribution >= 4 is 5.97 Å². The van der Waals surface area contributed by atoms with Crippen molar-refractivity contribution in [2.45, 2.75) is 33.1 Å². The summed E-state index contributed by atoms with van der Waals surface area (Å²) in [4.78, 5) is 13.6. The van der Waals surface area contributed by atoms with E-state index in [0.29, 0.717) is 0 Å². The van der Waals surface area contributed by atoms with Gasteiger partial charge in [-0.05, 0) is 25.3 Å². The topological polar surface area (TPSA) is 29.5 Å². The molecule has 1 rings (SSSR count). The fraction of sp³-hybridized carbons (Fsp3) is 0.917. The molecule has 0 N–H and O–H groups in total. The van der Waals surface area contributed by atoms with Crippen molar-refractivity contribution in [2.24, 2.45) is 11.8 Å². The molecule has 1 heterocycles. The number of hydrogen-bond acceptors (Lipinski definition) is 3. The first-order valence-electron chi connectivity index (χ1n) is 5.97. The minimum Gasteiger partial charge on any atom is -0.469 e. The van der Waals surface area contributed by atoms with Crippen LogP contribution in [0.4, 0.5) is 0 Å². The Kier molecular flexibility index (Phi) is 5.09. The molecule has 0 amide bonds. The Morgan fingerprint density at radius 3 is 2.93 bits per heavy atom. The molecule has 0 saturated carbocycles. The lowest BCUT2D eigenvalue weighted by Crippen LogP contribution is -2.30. The first-order valence-corrected chi connectivity index (χ1v) is 5.97. The normalized spacial score (nSPS) is 24.1. The van der Waals surface area contributed by atoms with Crippen LogP contribution in [0.25, 0.3) is 0 Å². The minimum atomic E-state index is -0.0889. The lowest BCUT2D eigenvalue weighted by atomic mass is 10.0. The Morgan fingerprint density at radius 1 is 1.60 bits per heavy atom. The van der Waals surface area contributed by atoms with Crippen molar-refractivity contribution < 1.29 is 9.53 Å². The molecule has 0 aromatic heterocycles. The smallest absolute Gasteiger partial charge is 0.309 e. The summed E-state index contributed by atoms with van der Waals surface area (Å²) in [6.07, 6.45) is 3.88. The summed E-state index contributed by atoms with van der Waals surface area (Å²) in [5.74, 6) is 0.768. The van der Waals surface area contributed by atoms with E-state index in [-0.39, 0.29) is 11.9 Å². The van der Waals surface area contributed by atoms with Crippen LogP contribution in [-0.2, 0) is 9.53 Å². The van der Waals surface area contributed by atoms with Gasteiger partial charge in [-0.15, -0.1) is 0 Å². The zero-order valence-corrected chi connectivity index (χ0v) is 10.2. The van der Waals surface area contributed by atoms with Crippen molar-refractivity contribution in [3.8, 4) is 0 Å². The number of esters is 1. The van der Waals surface area contributed by atoms with Crippen molar-refractivity contribution in [3.05, 3.63) is 0 Å². The Labute approximate surface area is 92.8 Å². The largest absolute Gasteiger partial charge is 0.469 e. The second-order valence-electron chi connectivity index (χ2n) is 4.63. The van der Waals surface area contributed by atoms with Gasteiger partial charge in [0, 0.05) is 13.1 Å². The molecular weight excluding hydrogens is 190 g/mol. The van der Waals surface area contributed by atoms with Gasteiger partial charge in [-0.1, -0.05) is 20.3 Å². The summed E-state index contributed by atoms with van der Waals surface area (Å²) in [5, 5.41) is 0. The number of nitrogens with zero attached hydrogens (tertiary/aromatic N) is 1. The van der Waals surface area contributed by atoms with Crippen LogP contribution in [0.5, 0.6) is 0 Å². The van der Waals surface area contributed by atoms with E-state index in [0.717, 1.165) is 25.6 Å². The Bertz CT molecular complexity index is 206. The number of ether oxygens (including phenoxy) is 1. The van der Waals surface area contributed by atoms with Gasteiger partial charge in [-0.3, -0.25) is 4.79 Å². The molecule has 1 fully saturated rings. The average Bonchev–Trinajstić information content (AvgIpc) is 2.65. The maximum atomic E-state index is 11.3. The van der Waals surface area contributed by atoms with Gasteiger partial charge in [0.2, 0.25) is 0 Å². The maximum Gasteiger partial charge on any atom is 0.309 e. The third-order valence-corrected chi connectivity index (χ3v) is 3.20. The average molecular weight is 213 g/mol. The molecule has 0 aliphatic carbocycles. The highest BCUT2D eigenvalue weighted by Gasteiger charge is 2.25. The molecule has 88 valence electrons. The molecule has 0 aromatic carbocycles. The van der Waals surface area contributed by atoms with Crippen molar-refractivity contribution in [2.75, 3.05) is 26.7 Å². The van der Waals surface area contributed by atoms with Gasteiger partial charge in [0.25, 0.3) is 0 Å². The van der Waals surface area contributed by atoms with Crippen molar-refractivity contribution in [1.29, 1.82) is 0 Å². The van der Waals surface area contributed by atoms with E-state index in [1.165, 1.54) is 26.4 Å². The molecule has 2 atom stereocenters. The third kappa shape index (κ3) is 3.82. The second-order valence-corrected chi connectivity index (χ2v) is 4.63. The van der Waals surface area contributed by atoms with Crippen LogP contribution in [0, 0.1) is 11.8 Å². The van der Waals surface area contributed by atoms with E-state index < -0.39 is 0 Å². The van der Waals surface area contributed by atoms with E-state index in [4.69, 9.17) is 4.74 Å². The zero-order chi connectivity index (χ0) is 11.3. The second kappa shape index (κ2) is 6.11. The highest BCUT2D eigenvalue weighted by atomic mass is 16.5. The van der Waals surface area contributed by atoms with E-state index in [1.54, 1.807) is 0 Å². The molecule has 0 bridgehead atoms. The quantitative estimate of drug-likeness (QED) is 0.653. The molecular formula is C12H23NO2. The predicted molar refractivity (Wildman–Crippen MR) is 60.6 cm³/mol. The van der Waals surface area contributed by atoms with Gasteiger partial charge in [0.05, 0.1) is 13.0 Å². The van der Waals surface area contributed by atoms with Gasteiger partial charge in [-0.25, -0.2) is 0 Å². The van der Waals surface area contributed by atoms with Crippen molar-refractivity contribution in [3.63, 3.8) is 0 Å². The van der Waals surface area contributed by atoms with Gasteiger partial charge in [0.15, 0.2) is 0 Å². The first-order chi connectivity index (χ1) is 7.17. The molecule has 15 heavy (non-hydrogen) atoms. The van der Waals surface area contributed by atoms with Gasteiger partial charge < -0.3 is 9.64 Å². The number of carbonyl (C=O) groups excluding carboxylic acids is 1. The molecule has 1 saturated heterocycles. The standard InChI is InChI=1S/C12H23NO2/c1-4-5-11-6-7-13(9-11)8-10(2)12(14)15-3/h10-11H,4-9H2,1-3H3. The number of rotatable bonds is 5. The van der Waals surface area contributed by atoms with Crippen LogP contribution in [0.3, 0.4) is 0 Å². The van der Waals surface area contributed by atoms with E-state index in [2.05, 4.69) is 11.8 Å². The monoisotopic (exact) mass is 213 g/mol. The molecule has 0 spiro atoms. The fourth-order valence-electron chi connectivity index (χ4n) is 2.39. The third-order valence-electron chi connectivity index (χ3n) is 3.20. The first kappa shape index (κ1) is 12.5. The molecule has 0 aromatic rings. The van der Waals surface area contributed by atoms with Gasteiger partial charge in [0.1, 0.15) is 0 Å². The summed E-state index contributed by atoms with van der Waals surface area (Å²) in [7, 11) is 1.46. The highest BCUT2D eigenvalue weighted by molar-refractivity contribution is 5.72. The molecule has 2 unspecified atom stereocenters. The van der Waals surface area contributed by atoms with E-state index in [9.17, 15) is 4.79 Å². The summed E-state index contributed by atoms with van der Waals surface area (Å²) in [5.41, 5.74) is 0. The number of methoxy groups -OCH3 is 1. The van der Waals surface area contributed by atoms with Crippen LogP contribution >= 0.6 is 0 Å². The van der Waals surface area contributed by atoms with Crippen LogP contribution in [0.1, 0.15) is 33.1 Å². The number of hydrogen-bond donors (Lipinski definition) is 0. The Balaban J connectivity index is 2.26. The summed E-state index contributed by atoms with van der Waals surface area (Å²) >= 11 is 0. The Morgan fingerprint density at radius 2 is 2.33 bits per heavy atom. The molecule has 1 aliphatic heterocycles. The van der Waals surface area contributed by atoms with Gasteiger partial charge in [-0.2, -0.15) is 0 Å². The summed E-state index contributed by atoms with van der Waals surface area (Å²) < 4.78 is 4.73. The summed E-state index contributed by atoms with van der Waals surface area (Å²) in [6.45, 7) is 7.34. The SMILES string of the molecule is CCCC1CCN(CC(C)C(=O)OC)C1. The Hall–Kier alpha value is -0.570. The zero-order valence-electron chi connectivity index (χ0n) is 10.2. The fourth-order valence-corrected chi connectivity index (χ4v) is 2.39. The van der Waals surface area contributed by atoms with Crippen LogP contribution < -0.4 is 0 Å². The molecule has 1 aliphatic rings. The van der Waals surface area contributed by atoms with E-state index in [1.807, 2.05) is 6.92 Å². The maximum absolute atomic E-state index is 11.3. The minimum absolute atomic E-state index is 0.00961. The molecule has 0 radical (unpaired) electrons. The summed E-state index contributed by atoms with van der Waals surface area (Å²) in [6, 6.07) is 0. The van der Waals surface area contributed by atoms with Crippen LogP contribution in [0.15, 0.2) is 0 Å². The predicted octanol–water partition coefficient (Wildman–Crippen LogP) is 1.92.